The highest BCUT2D eigenvalue weighted by atomic mass is 32.2. The molecule has 6 heteroatoms. The molecule has 0 fully saturated rings. The van der Waals surface area contributed by atoms with Gasteiger partial charge < -0.3 is 5.32 Å². The summed E-state index contributed by atoms with van der Waals surface area (Å²) in [5, 5.41) is 16.2. The zero-order chi connectivity index (χ0) is 14.0. The second kappa shape index (κ2) is 8.71. The Balaban J connectivity index is 1.76. The summed E-state index contributed by atoms with van der Waals surface area (Å²) in [4.78, 5) is 0. The lowest BCUT2D eigenvalue weighted by Gasteiger charge is -2.04. The summed E-state index contributed by atoms with van der Waals surface area (Å²) in [5.41, 5.74) is 1.00. The number of tetrazole rings is 1. The van der Waals surface area contributed by atoms with Gasteiger partial charge in [-0.2, -0.15) is 4.68 Å². The van der Waals surface area contributed by atoms with Gasteiger partial charge in [-0.1, -0.05) is 36.9 Å². The molecule has 1 aromatic carbocycles. The van der Waals surface area contributed by atoms with Crippen LogP contribution in [0.15, 0.2) is 35.5 Å². The third kappa shape index (κ3) is 4.61. The number of nitrogens with one attached hydrogen (secondary N) is 1. The lowest BCUT2D eigenvalue weighted by Crippen LogP contribution is -2.15. The van der Waals surface area contributed by atoms with Crippen molar-refractivity contribution in [3.63, 3.8) is 0 Å². The van der Waals surface area contributed by atoms with Crippen LogP contribution in [0, 0.1) is 0 Å². The number of para-hydroxylation sites is 1. The summed E-state index contributed by atoms with van der Waals surface area (Å²) in [6, 6.07) is 9.99. The van der Waals surface area contributed by atoms with Gasteiger partial charge >= 0.3 is 0 Å². The molecule has 0 saturated heterocycles. The van der Waals surface area contributed by atoms with E-state index in [-0.39, 0.29) is 0 Å². The van der Waals surface area contributed by atoms with Crippen molar-refractivity contribution in [2.45, 2.75) is 31.3 Å². The van der Waals surface area contributed by atoms with Gasteiger partial charge in [-0.25, -0.2) is 0 Å². The smallest absolute Gasteiger partial charge is 0.214 e. The van der Waals surface area contributed by atoms with Crippen LogP contribution in [0.4, 0.5) is 0 Å². The van der Waals surface area contributed by atoms with E-state index in [0.717, 1.165) is 29.7 Å². The van der Waals surface area contributed by atoms with Gasteiger partial charge in [-0.05, 0) is 54.9 Å². The number of hydrogen-bond acceptors (Lipinski definition) is 5. The average molecular weight is 291 g/mol. The molecule has 0 aliphatic rings. The Hall–Kier alpha value is -1.40. The van der Waals surface area contributed by atoms with Crippen molar-refractivity contribution in [3.8, 4) is 5.69 Å². The molecular weight excluding hydrogens is 270 g/mol. The Morgan fingerprint density at radius 3 is 2.80 bits per heavy atom. The Bertz CT molecular complexity index is 485. The van der Waals surface area contributed by atoms with Crippen molar-refractivity contribution >= 4 is 11.8 Å². The van der Waals surface area contributed by atoms with Crippen molar-refractivity contribution in [2.75, 3.05) is 18.8 Å². The molecule has 2 aromatic rings. The maximum Gasteiger partial charge on any atom is 0.214 e. The van der Waals surface area contributed by atoms with Gasteiger partial charge in [0.1, 0.15) is 0 Å². The molecule has 0 saturated carbocycles. The van der Waals surface area contributed by atoms with Gasteiger partial charge in [0.25, 0.3) is 0 Å². The predicted octanol–water partition coefficient (Wildman–Crippen LogP) is 2.53. The molecule has 0 aliphatic carbocycles. The monoisotopic (exact) mass is 291 g/mol. The molecule has 108 valence electrons. The van der Waals surface area contributed by atoms with E-state index in [4.69, 9.17) is 0 Å². The van der Waals surface area contributed by atoms with Crippen LogP contribution < -0.4 is 5.32 Å². The Kier molecular flexibility index (Phi) is 6.53. The minimum atomic E-state index is 0.859. The second-order valence-corrected chi connectivity index (χ2v) is 5.58. The molecule has 20 heavy (non-hydrogen) atoms. The van der Waals surface area contributed by atoms with Crippen LogP contribution in [0.1, 0.15) is 26.2 Å². The molecule has 0 bridgehead atoms. The molecule has 2 rings (SSSR count). The summed E-state index contributed by atoms with van der Waals surface area (Å²) >= 11 is 1.71. The van der Waals surface area contributed by atoms with Gasteiger partial charge in [0, 0.05) is 5.75 Å². The van der Waals surface area contributed by atoms with Gasteiger partial charge in [0.05, 0.1) is 5.69 Å². The first-order valence-electron chi connectivity index (χ1n) is 7.09. The number of unbranched alkanes of at least 4 members (excludes halogenated alkanes) is 1. The molecule has 0 aliphatic heterocycles. The van der Waals surface area contributed by atoms with E-state index in [1.807, 2.05) is 30.3 Å². The fourth-order valence-corrected chi connectivity index (χ4v) is 2.71. The maximum atomic E-state index is 4.09. The first kappa shape index (κ1) is 15.0. The van der Waals surface area contributed by atoms with E-state index >= 15 is 0 Å². The summed E-state index contributed by atoms with van der Waals surface area (Å²) in [6.07, 6.45) is 3.56. The van der Waals surface area contributed by atoms with Crippen molar-refractivity contribution in [2.24, 2.45) is 0 Å². The van der Waals surface area contributed by atoms with Crippen molar-refractivity contribution in [3.05, 3.63) is 30.3 Å². The van der Waals surface area contributed by atoms with Crippen molar-refractivity contribution in [1.82, 2.24) is 25.5 Å². The highest BCUT2D eigenvalue weighted by Gasteiger charge is 2.07. The molecule has 0 atom stereocenters. The summed E-state index contributed by atoms with van der Waals surface area (Å²) in [5.74, 6) is 1.04. The Labute approximate surface area is 124 Å². The highest BCUT2D eigenvalue weighted by Crippen LogP contribution is 2.18. The Morgan fingerprint density at radius 2 is 2.00 bits per heavy atom. The standard InChI is InChI=1S/C14H21N5S/c1-2-10-15-11-6-7-12-20-14-16-17-18-19(14)13-8-4-3-5-9-13/h3-5,8-9,15H,2,6-7,10-12H2,1H3. The van der Waals surface area contributed by atoms with Crippen LogP contribution in [-0.4, -0.2) is 39.0 Å². The number of thioether (sulfide) groups is 1. The number of benzene rings is 1. The van der Waals surface area contributed by atoms with Crippen LogP contribution in [0.25, 0.3) is 5.69 Å². The lowest BCUT2D eigenvalue weighted by molar-refractivity contribution is 0.634. The first-order valence-corrected chi connectivity index (χ1v) is 8.07. The van der Waals surface area contributed by atoms with E-state index in [2.05, 4.69) is 27.8 Å². The largest absolute Gasteiger partial charge is 0.317 e. The number of rotatable bonds is 9. The third-order valence-electron chi connectivity index (χ3n) is 2.85. The minimum absolute atomic E-state index is 0.859. The second-order valence-electron chi connectivity index (χ2n) is 4.51. The molecule has 0 radical (unpaired) electrons. The highest BCUT2D eigenvalue weighted by molar-refractivity contribution is 7.99. The van der Waals surface area contributed by atoms with Crippen molar-refractivity contribution in [1.29, 1.82) is 0 Å². The number of hydrogen-bond donors (Lipinski definition) is 1. The van der Waals surface area contributed by atoms with Gasteiger partial charge in [-0.15, -0.1) is 5.10 Å². The topological polar surface area (TPSA) is 55.6 Å². The fraction of sp³-hybridized carbons (Fsp3) is 0.500. The average Bonchev–Trinajstić information content (AvgIpc) is 2.96. The van der Waals surface area contributed by atoms with Crippen LogP contribution in [0.3, 0.4) is 0 Å². The summed E-state index contributed by atoms with van der Waals surface area (Å²) in [6.45, 7) is 4.39. The van der Waals surface area contributed by atoms with E-state index in [0.29, 0.717) is 0 Å². The molecule has 0 spiro atoms. The molecule has 1 N–H and O–H groups in total. The van der Waals surface area contributed by atoms with Crippen LogP contribution >= 0.6 is 11.8 Å². The third-order valence-corrected chi connectivity index (χ3v) is 3.85. The van der Waals surface area contributed by atoms with Crippen LogP contribution in [-0.2, 0) is 0 Å². The van der Waals surface area contributed by atoms with Gasteiger partial charge in [-0.3, -0.25) is 0 Å². The van der Waals surface area contributed by atoms with Crippen LogP contribution in [0.2, 0.25) is 0 Å². The maximum absolute atomic E-state index is 4.09. The number of nitrogens with zero attached hydrogens (tertiary/aromatic N) is 4. The van der Waals surface area contributed by atoms with Gasteiger partial charge in [0.2, 0.25) is 5.16 Å². The quantitative estimate of drug-likeness (QED) is 0.568. The van der Waals surface area contributed by atoms with Gasteiger partial charge in [0.15, 0.2) is 0 Å². The SMILES string of the molecule is CCCNCCCCSc1nnnn1-c1ccccc1. The lowest BCUT2D eigenvalue weighted by atomic mass is 10.3. The fourth-order valence-electron chi connectivity index (χ4n) is 1.82. The summed E-state index contributed by atoms with van der Waals surface area (Å²) < 4.78 is 1.79. The van der Waals surface area contributed by atoms with E-state index in [9.17, 15) is 0 Å². The Morgan fingerprint density at radius 1 is 1.15 bits per heavy atom. The van der Waals surface area contributed by atoms with Crippen molar-refractivity contribution < 1.29 is 0 Å². The molecule has 0 amide bonds. The minimum Gasteiger partial charge on any atom is -0.317 e. The molecule has 5 nitrogen and oxygen atoms in total. The normalized spacial score (nSPS) is 10.8. The zero-order valence-electron chi connectivity index (χ0n) is 11.8. The van der Waals surface area contributed by atoms with E-state index < -0.39 is 0 Å². The van der Waals surface area contributed by atoms with E-state index in [1.165, 1.54) is 19.3 Å². The summed E-state index contributed by atoms with van der Waals surface area (Å²) in [7, 11) is 0. The molecule has 0 unspecified atom stereocenters. The molecular formula is C14H21N5S. The zero-order valence-corrected chi connectivity index (χ0v) is 12.6. The van der Waals surface area contributed by atoms with E-state index in [1.54, 1.807) is 16.4 Å². The number of aromatic nitrogens is 4. The van der Waals surface area contributed by atoms with Crippen LogP contribution in [0.5, 0.6) is 0 Å². The first-order chi connectivity index (χ1) is 9.92. The predicted molar refractivity (Wildman–Crippen MR) is 82.3 cm³/mol. The molecule has 1 aromatic heterocycles. The molecule has 1 heterocycles.